The Morgan fingerprint density at radius 1 is 1.41 bits per heavy atom. The van der Waals surface area contributed by atoms with Crippen molar-refractivity contribution in [1.82, 2.24) is 4.90 Å². The lowest BCUT2D eigenvalue weighted by atomic mass is 10.0. The van der Waals surface area contributed by atoms with Crippen molar-refractivity contribution in [3.8, 4) is 0 Å². The van der Waals surface area contributed by atoms with Crippen molar-refractivity contribution in [3.63, 3.8) is 0 Å². The summed E-state index contributed by atoms with van der Waals surface area (Å²) in [7, 11) is 0. The first-order valence-corrected chi connectivity index (χ1v) is 6.58. The summed E-state index contributed by atoms with van der Waals surface area (Å²) in [6.07, 6.45) is 0. The molecular formula is C13H15NO2S. The molecule has 0 aliphatic carbocycles. The fraction of sp³-hybridized carbons (Fsp3) is 0.385. The van der Waals surface area contributed by atoms with Gasteiger partial charge in [0.15, 0.2) is 5.78 Å². The summed E-state index contributed by atoms with van der Waals surface area (Å²) in [6.45, 7) is 4.77. The SMILES string of the molecule is Cc1ccc(C)c(C(=O)CN2CCSC2=O)c1. The standard InChI is InChI=1S/C13H15NO2S/c1-9-3-4-10(2)11(7-9)12(15)8-14-5-6-17-13(14)16/h3-4,7H,5-6,8H2,1-2H3. The molecular weight excluding hydrogens is 234 g/mol. The lowest BCUT2D eigenvalue weighted by Crippen LogP contribution is -2.30. The monoisotopic (exact) mass is 249 g/mol. The topological polar surface area (TPSA) is 37.4 Å². The van der Waals surface area contributed by atoms with Crippen LogP contribution in [0.25, 0.3) is 0 Å². The number of rotatable bonds is 3. The number of Topliss-reactive ketones (excluding diaryl/α,β-unsaturated/α-hetero) is 1. The van der Waals surface area contributed by atoms with E-state index in [1.807, 2.05) is 32.0 Å². The van der Waals surface area contributed by atoms with Crippen molar-refractivity contribution >= 4 is 22.8 Å². The van der Waals surface area contributed by atoms with Crippen LogP contribution in [0.3, 0.4) is 0 Å². The molecule has 1 saturated heterocycles. The van der Waals surface area contributed by atoms with Gasteiger partial charge in [-0.05, 0) is 25.5 Å². The second kappa shape index (κ2) is 4.92. The number of aryl methyl sites for hydroxylation is 2. The van der Waals surface area contributed by atoms with Crippen molar-refractivity contribution in [2.24, 2.45) is 0 Å². The maximum Gasteiger partial charge on any atom is 0.282 e. The third-order valence-electron chi connectivity index (χ3n) is 2.87. The van der Waals surface area contributed by atoms with Gasteiger partial charge in [0.25, 0.3) is 5.24 Å². The van der Waals surface area contributed by atoms with E-state index in [1.54, 1.807) is 4.90 Å². The molecule has 0 atom stereocenters. The average molecular weight is 249 g/mol. The molecule has 3 nitrogen and oxygen atoms in total. The molecule has 1 fully saturated rings. The number of carbonyl (C=O) groups excluding carboxylic acids is 2. The number of ketones is 1. The summed E-state index contributed by atoms with van der Waals surface area (Å²) < 4.78 is 0. The summed E-state index contributed by atoms with van der Waals surface area (Å²) in [5.41, 5.74) is 2.77. The highest BCUT2D eigenvalue weighted by Crippen LogP contribution is 2.18. The first kappa shape index (κ1) is 12.2. The molecule has 0 N–H and O–H groups in total. The van der Waals surface area contributed by atoms with E-state index < -0.39 is 0 Å². The lowest BCUT2D eigenvalue weighted by molar-refractivity contribution is 0.0955. The zero-order chi connectivity index (χ0) is 12.4. The number of benzene rings is 1. The molecule has 1 heterocycles. The Hall–Kier alpha value is -1.29. The zero-order valence-electron chi connectivity index (χ0n) is 10.0. The normalized spacial score (nSPS) is 15.4. The van der Waals surface area contributed by atoms with E-state index in [2.05, 4.69) is 0 Å². The molecule has 0 aromatic heterocycles. The fourth-order valence-corrected chi connectivity index (χ4v) is 2.69. The number of thioether (sulfide) groups is 1. The van der Waals surface area contributed by atoms with Crippen molar-refractivity contribution in [1.29, 1.82) is 0 Å². The molecule has 0 spiro atoms. The molecule has 1 aliphatic heterocycles. The molecule has 0 bridgehead atoms. The van der Waals surface area contributed by atoms with Crippen molar-refractivity contribution in [2.45, 2.75) is 13.8 Å². The van der Waals surface area contributed by atoms with Crippen LogP contribution in [0.15, 0.2) is 18.2 Å². The summed E-state index contributed by atoms with van der Waals surface area (Å²) in [5, 5.41) is 0.0173. The molecule has 0 saturated carbocycles. The number of amides is 1. The van der Waals surface area contributed by atoms with E-state index in [9.17, 15) is 9.59 Å². The summed E-state index contributed by atoms with van der Waals surface area (Å²) in [4.78, 5) is 25.2. The second-order valence-electron chi connectivity index (χ2n) is 4.28. The fourth-order valence-electron chi connectivity index (χ4n) is 1.86. The Kier molecular flexibility index (Phi) is 3.52. The van der Waals surface area contributed by atoms with Gasteiger partial charge in [0.2, 0.25) is 0 Å². The van der Waals surface area contributed by atoms with Crippen LogP contribution >= 0.6 is 11.8 Å². The number of nitrogens with zero attached hydrogens (tertiary/aromatic N) is 1. The maximum absolute atomic E-state index is 12.1. The molecule has 2 rings (SSSR count). The van der Waals surface area contributed by atoms with Gasteiger partial charge in [0.05, 0.1) is 6.54 Å². The Morgan fingerprint density at radius 3 is 2.82 bits per heavy atom. The lowest BCUT2D eigenvalue weighted by Gasteiger charge is -2.14. The molecule has 4 heteroatoms. The van der Waals surface area contributed by atoms with Gasteiger partial charge in [-0.1, -0.05) is 29.5 Å². The van der Waals surface area contributed by atoms with E-state index in [0.717, 1.165) is 22.4 Å². The predicted molar refractivity (Wildman–Crippen MR) is 69.7 cm³/mol. The first-order chi connectivity index (χ1) is 8.08. The largest absolute Gasteiger partial charge is 0.325 e. The van der Waals surface area contributed by atoms with Crippen LogP contribution in [-0.2, 0) is 0 Å². The zero-order valence-corrected chi connectivity index (χ0v) is 10.8. The summed E-state index contributed by atoms with van der Waals surface area (Å²) in [6, 6.07) is 5.83. The number of hydrogen-bond acceptors (Lipinski definition) is 3. The van der Waals surface area contributed by atoms with Gasteiger partial charge in [-0.25, -0.2) is 0 Å². The van der Waals surface area contributed by atoms with Crippen LogP contribution in [-0.4, -0.2) is 34.8 Å². The van der Waals surface area contributed by atoms with Crippen LogP contribution < -0.4 is 0 Å². The highest BCUT2D eigenvalue weighted by atomic mass is 32.2. The van der Waals surface area contributed by atoms with Gasteiger partial charge < -0.3 is 4.90 Å². The minimum Gasteiger partial charge on any atom is -0.325 e. The Balaban J connectivity index is 2.14. The van der Waals surface area contributed by atoms with E-state index in [0.29, 0.717) is 6.54 Å². The van der Waals surface area contributed by atoms with Gasteiger partial charge in [0.1, 0.15) is 0 Å². The molecule has 17 heavy (non-hydrogen) atoms. The molecule has 0 unspecified atom stereocenters. The van der Waals surface area contributed by atoms with Crippen LogP contribution in [0.1, 0.15) is 21.5 Å². The predicted octanol–water partition coefficient (Wildman–Crippen LogP) is 2.65. The first-order valence-electron chi connectivity index (χ1n) is 5.60. The molecule has 1 aromatic carbocycles. The number of carbonyl (C=O) groups is 2. The summed E-state index contributed by atoms with van der Waals surface area (Å²) in [5.74, 6) is 0.820. The van der Waals surface area contributed by atoms with Crippen LogP contribution in [0, 0.1) is 13.8 Å². The minimum atomic E-state index is 0.0173. The van der Waals surface area contributed by atoms with E-state index in [-0.39, 0.29) is 17.6 Å². The molecule has 0 radical (unpaired) electrons. The van der Waals surface area contributed by atoms with Crippen molar-refractivity contribution in [3.05, 3.63) is 34.9 Å². The quantitative estimate of drug-likeness (QED) is 0.773. The van der Waals surface area contributed by atoms with Gasteiger partial charge in [-0.3, -0.25) is 9.59 Å². The van der Waals surface area contributed by atoms with Crippen LogP contribution in [0.4, 0.5) is 4.79 Å². The Bertz CT molecular complexity index is 470. The van der Waals surface area contributed by atoms with Gasteiger partial charge in [-0.15, -0.1) is 0 Å². The molecule has 1 amide bonds. The molecule has 1 aromatic rings. The minimum absolute atomic E-state index is 0.0173. The molecule has 90 valence electrons. The molecule has 1 aliphatic rings. The summed E-state index contributed by atoms with van der Waals surface area (Å²) >= 11 is 1.28. The third-order valence-corrected chi connectivity index (χ3v) is 3.76. The number of hydrogen-bond donors (Lipinski definition) is 0. The highest BCUT2D eigenvalue weighted by molar-refractivity contribution is 8.13. The van der Waals surface area contributed by atoms with E-state index in [4.69, 9.17) is 0 Å². The van der Waals surface area contributed by atoms with Crippen LogP contribution in [0.5, 0.6) is 0 Å². The van der Waals surface area contributed by atoms with Gasteiger partial charge >= 0.3 is 0 Å². The van der Waals surface area contributed by atoms with Crippen LogP contribution in [0.2, 0.25) is 0 Å². The van der Waals surface area contributed by atoms with Crippen molar-refractivity contribution in [2.75, 3.05) is 18.8 Å². The maximum atomic E-state index is 12.1. The Morgan fingerprint density at radius 2 is 2.18 bits per heavy atom. The Labute approximate surface area is 105 Å². The van der Waals surface area contributed by atoms with E-state index >= 15 is 0 Å². The average Bonchev–Trinajstić information content (AvgIpc) is 2.68. The van der Waals surface area contributed by atoms with Gasteiger partial charge in [-0.2, -0.15) is 0 Å². The highest BCUT2D eigenvalue weighted by Gasteiger charge is 2.24. The second-order valence-corrected chi connectivity index (χ2v) is 5.32. The van der Waals surface area contributed by atoms with Gasteiger partial charge in [0, 0.05) is 17.9 Å². The van der Waals surface area contributed by atoms with E-state index in [1.165, 1.54) is 11.8 Å². The third kappa shape index (κ3) is 2.69. The van der Waals surface area contributed by atoms with Crippen molar-refractivity contribution < 1.29 is 9.59 Å². The smallest absolute Gasteiger partial charge is 0.282 e.